The Bertz CT molecular complexity index is 680. The van der Waals surface area contributed by atoms with Gasteiger partial charge >= 0.3 is 0 Å². The molecular formula is C16H15BrO3. The van der Waals surface area contributed by atoms with Crippen LogP contribution in [-0.4, -0.2) is 13.9 Å². The molecule has 0 atom stereocenters. The van der Waals surface area contributed by atoms with Crippen molar-refractivity contribution in [3.63, 3.8) is 0 Å². The van der Waals surface area contributed by atoms with Crippen LogP contribution in [0.5, 0.6) is 17.2 Å². The average Bonchev–Trinajstić information content (AvgIpc) is 2.89. The molecule has 4 heteroatoms. The van der Waals surface area contributed by atoms with E-state index in [1.165, 1.54) is 0 Å². The van der Waals surface area contributed by atoms with Crippen LogP contribution in [0.25, 0.3) is 11.1 Å². The Hall–Kier alpha value is -1.68. The Morgan fingerprint density at radius 2 is 1.95 bits per heavy atom. The minimum Gasteiger partial charge on any atom is -0.496 e. The van der Waals surface area contributed by atoms with Gasteiger partial charge in [0.2, 0.25) is 6.79 Å². The molecule has 0 bridgehead atoms. The molecule has 2 aromatic carbocycles. The highest BCUT2D eigenvalue weighted by atomic mass is 79.9. The number of hydrogen-bond donors (Lipinski definition) is 0. The summed E-state index contributed by atoms with van der Waals surface area (Å²) in [5, 5.41) is 0. The molecule has 0 N–H and O–H groups in total. The highest BCUT2D eigenvalue weighted by Crippen LogP contribution is 2.47. The van der Waals surface area contributed by atoms with Crippen LogP contribution in [0.15, 0.2) is 28.7 Å². The number of aryl methyl sites for hydroxylation is 1. The number of rotatable bonds is 2. The molecule has 0 saturated carbocycles. The summed E-state index contributed by atoms with van der Waals surface area (Å²) in [6.45, 7) is 4.37. The quantitative estimate of drug-likeness (QED) is 0.810. The summed E-state index contributed by atoms with van der Waals surface area (Å²) >= 11 is 3.58. The molecule has 1 heterocycles. The molecule has 1 aliphatic rings. The van der Waals surface area contributed by atoms with Crippen molar-refractivity contribution in [3.05, 3.63) is 39.9 Å². The van der Waals surface area contributed by atoms with E-state index >= 15 is 0 Å². The number of benzene rings is 2. The fraction of sp³-hybridized carbons (Fsp3) is 0.250. The normalized spacial score (nSPS) is 12.6. The van der Waals surface area contributed by atoms with Crippen LogP contribution in [0.2, 0.25) is 0 Å². The van der Waals surface area contributed by atoms with Gasteiger partial charge in [-0.1, -0.05) is 15.9 Å². The molecule has 0 unspecified atom stereocenters. The summed E-state index contributed by atoms with van der Waals surface area (Å²) in [6.07, 6.45) is 0. The molecule has 0 aromatic heterocycles. The van der Waals surface area contributed by atoms with Gasteiger partial charge in [-0.3, -0.25) is 0 Å². The van der Waals surface area contributed by atoms with Gasteiger partial charge in [0, 0.05) is 15.6 Å². The van der Waals surface area contributed by atoms with Crippen LogP contribution >= 0.6 is 15.9 Å². The lowest BCUT2D eigenvalue weighted by atomic mass is 9.96. The van der Waals surface area contributed by atoms with Crippen molar-refractivity contribution in [2.45, 2.75) is 13.8 Å². The molecule has 1 aliphatic heterocycles. The van der Waals surface area contributed by atoms with Gasteiger partial charge < -0.3 is 14.2 Å². The SMILES string of the molecule is COc1ccc(Br)c(C)c1-c1cc(C)cc2c1OCO2. The van der Waals surface area contributed by atoms with Crippen molar-refractivity contribution < 1.29 is 14.2 Å². The maximum atomic E-state index is 5.64. The van der Waals surface area contributed by atoms with Crippen LogP contribution in [0.1, 0.15) is 11.1 Å². The Kier molecular flexibility index (Phi) is 3.34. The largest absolute Gasteiger partial charge is 0.496 e. The van der Waals surface area contributed by atoms with Crippen molar-refractivity contribution in [1.82, 2.24) is 0 Å². The Balaban J connectivity index is 2.32. The van der Waals surface area contributed by atoms with Gasteiger partial charge in [-0.15, -0.1) is 0 Å². The zero-order valence-corrected chi connectivity index (χ0v) is 13.2. The van der Waals surface area contributed by atoms with Crippen molar-refractivity contribution >= 4 is 15.9 Å². The van der Waals surface area contributed by atoms with E-state index in [4.69, 9.17) is 14.2 Å². The van der Waals surface area contributed by atoms with Gasteiger partial charge in [-0.05, 0) is 49.2 Å². The summed E-state index contributed by atoms with van der Waals surface area (Å²) in [5.74, 6) is 2.41. The van der Waals surface area contributed by atoms with E-state index in [0.29, 0.717) is 0 Å². The number of fused-ring (bicyclic) bond motifs is 1. The first kappa shape index (κ1) is 13.3. The molecule has 3 rings (SSSR count). The summed E-state index contributed by atoms with van der Waals surface area (Å²) in [4.78, 5) is 0. The Morgan fingerprint density at radius 1 is 1.15 bits per heavy atom. The van der Waals surface area contributed by atoms with Crippen molar-refractivity contribution in [2.24, 2.45) is 0 Å². The lowest BCUT2D eigenvalue weighted by molar-refractivity contribution is 0.174. The molecule has 104 valence electrons. The number of hydrogen-bond acceptors (Lipinski definition) is 3. The van der Waals surface area contributed by atoms with Gasteiger partial charge in [-0.2, -0.15) is 0 Å². The molecule has 20 heavy (non-hydrogen) atoms. The van der Waals surface area contributed by atoms with Gasteiger partial charge in [0.1, 0.15) is 5.75 Å². The van der Waals surface area contributed by atoms with Gasteiger partial charge in [0.05, 0.1) is 7.11 Å². The second-order valence-corrected chi connectivity index (χ2v) is 5.65. The summed E-state index contributed by atoms with van der Waals surface area (Å²) in [5.41, 5.74) is 4.29. The van der Waals surface area contributed by atoms with Crippen LogP contribution < -0.4 is 14.2 Å². The third-order valence-electron chi connectivity index (χ3n) is 3.47. The smallest absolute Gasteiger partial charge is 0.231 e. The van der Waals surface area contributed by atoms with Crippen LogP contribution in [0.3, 0.4) is 0 Å². The first-order valence-corrected chi connectivity index (χ1v) is 7.15. The van der Waals surface area contributed by atoms with Crippen LogP contribution in [-0.2, 0) is 0 Å². The molecule has 0 spiro atoms. The maximum Gasteiger partial charge on any atom is 0.231 e. The number of halogens is 1. The molecule has 0 radical (unpaired) electrons. The van der Waals surface area contributed by atoms with Crippen molar-refractivity contribution in [1.29, 1.82) is 0 Å². The monoisotopic (exact) mass is 334 g/mol. The van der Waals surface area contributed by atoms with E-state index in [-0.39, 0.29) is 6.79 Å². The van der Waals surface area contributed by atoms with Gasteiger partial charge in [0.25, 0.3) is 0 Å². The number of ether oxygens (including phenoxy) is 3. The predicted molar refractivity (Wildman–Crippen MR) is 81.7 cm³/mol. The molecule has 0 fully saturated rings. The lowest BCUT2D eigenvalue weighted by Gasteiger charge is -2.15. The molecule has 3 nitrogen and oxygen atoms in total. The van der Waals surface area contributed by atoms with E-state index in [9.17, 15) is 0 Å². The van der Waals surface area contributed by atoms with E-state index in [0.717, 1.165) is 44.0 Å². The van der Waals surface area contributed by atoms with Crippen LogP contribution in [0.4, 0.5) is 0 Å². The van der Waals surface area contributed by atoms with E-state index in [2.05, 4.69) is 28.9 Å². The molecular weight excluding hydrogens is 320 g/mol. The van der Waals surface area contributed by atoms with E-state index < -0.39 is 0 Å². The molecule has 2 aromatic rings. The maximum absolute atomic E-state index is 5.64. The average molecular weight is 335 g/mol. The minimum absolute atomic E-state index is 0.265. The predicted octanol–water partition coefficient (Wildman–Crippen LogP) is 4.47. The Labute approximate surface area is 126 Å². The highest BCUT2D eigenvalue weighted by molar-refractivity contribution is 9.10. The minimum atomic E-state index is 0.265. The molecule has 0 saturated heterocycles. The summed E-state index contributed by atoms with van der Waals surface area (Å²) in [7, 11) is 1.68. The molecule has 0 aliphatic carbocycles. The zero-order chi connectivity index (χ0) is 14.3. The highest BCUT2D eigenvalue weighted by Gasteiger charge is 2.23. The first-order chi connectivity index (χ1) is 9.61. The second kappa shape index (κ2) is 5.02. The van der Waals surface area contributed by atoms with E-state index in [1.807, 2.05) is 25.1 Å². The standard InChI is InChI=1S/C16H15BrO3/c1-9-6-11(16-14(7-9)19-8-20-16)15-10(2)12(17)4-5-13(15)18-3/h4-7H,8H2,1-3H3. The fourth-order valence-electron chi connectivity index (χ4n) is 2.50. The fourth-order valence-corrected chi connectivity index (χ4v) is 2.83. The lowest BCUT2D eigenvalue weighted by Crippen LogP contribution is -1.96. The van der Waals surface area contributed by atoms with Gasteiger partial charge in [-0.25, -0.2) is 0 Å². The molecule has 0 amide bonds. The van der Waals surface area contributed by atoms with Crippen molar-refractivity contribution in [2.75, 3.05) is 13.9 Å². The summed E-state index contributed by atoms with van der Waals surface area (Å²) < 4.78 is 17.7. The van der Waals surface area contributed by atoms with E-state index in [1.54, 1.807) is 7.11 Å². The van der Waals surface area contributed by atoms with Crippen LogP contribution in [0, 0.1) is 13.8 Å². The topological polar surface area (TPSA) is 27.7 Å². The second-order valence-electron chi connectivity index (χ2n) is 4.80. The van der Waals surface area contributed by atoms with Crippen molar-refractivity contribution in [3.8, 4) is 28.4 Å². The zero-order valence-electron chi connectivity index (χ0n) is 11.6. The Morgan fingerprint density at radius 3 is 2.70 bits per heavy atom. The third-order valence-corrected chi connectivity index (χ3v) is 4.33. The van der Waals surface area contributed by atoms with Gasteiger partial charge in [0.15, 0.2) is 11.5 Å². The first-order valence-electron chi connectivity index (χ1n) is 6.35. The summed E-state index contributed by atoms with van der Waals surface area (Å²) in [6, 6.07) is 8.04. The number of methoxy groups -OCH3 is 1. The third kappa shape index (κ3) is 2.04.